The molecule has 2 saturated heterocycles. The number of piperidine rings is 1. The van der Waals surface area contributed by atoms with Gasteiger partial charge in [-0.3, -0.25) is 0 Å². The number of ether oxygens (including phenoxy) is 3. The number of hydrogen-bond donors (Lipinski definition) is 0. The molecule has 2 fully saturated rings. The van der Waals surface area contributed by atoms with Crippen molar-refractivity contribution in [3.63, 3.8) is 0 Å². The summed E-state index contributed by atoms with van der Waals surface area (Å²) in [7, 11) is 0. The average Bonchev–Trinajstić information content (AvgIpc) is 2.88. The number of benzene rings is 1. The van der Waals surface area contributed by atoms with Crippen molar-refractivity contribution in [3.05, 3.63) is 23.8 Å². The van der Waals surface area contributed by atoms with Gasteiger partial charge in [0, 0.05) is 38.1 Å². The molecule has 0 aromatic heterocycles. The van der Waals surface area contributed by atoms with E-state index in [9.17, 15) is 17.6 Å². The Labute approximate surface area is 124 Å². The van der Waals surface area contributed by atoms with Crippen molar-refractivity contribution in [2.75, 3.05) is 31.2 Å². The van der Waals surface area contributed by atoms with Crippen molar-refractivity contribution >= 4 is 5.69 Å². The molecule has 0 amide bonds. The molecule has 122 valence electrons. The van der Waals surface area contributed by atoms with E-state index in [0.717, 1.165) is 12.1 Å². The van der Waals surface area contributed by atoms with Crippen molar-refractivity contribution in [1.82, 2.24) is 0 Å². The number of hydrogen-bond acceptors (Lipinski definition) is 4. The molecule has 3 rings (SSSR count). The predicted molar refractivity (Wildman–Crippen MR) is 69.1 cm³/mol. The minimum absolute atomic E-state index is 0.241. The fraction of sp³-hybridized carbons (Fsp3) is 0.571. The van der Waals surface area contributed by atoms with Gasteiger partial charge in [0.1, 0.15) is 11.4 Å². The second-order valence-corrected chi connectivity index (χ2v) is 5.21. The van der Waals surface area contributed by atoms with Crippen LogP contribution in [-0.2, 0) is 9.47 Å². The van der Waals surface area contributed by atoms with Crippen LogP contribution in [0.2, 0.25) is 0 Å². The van der Waals surface area contributed by atoms with Gasteiger partial charge < -0.3 is 19.1 Å². The van der Waals surface area contributed by atoms with Gasteiger partial charge in [0.05, 0.1) is 13.2 Å². The highest BCUT2D eigenvalue weighted by molar-refractivity contribution is 5.52. The molecule has 2 aliphatic rings. The van der Waals surface area contributed by atoms with Crippen LogP contribution in [0.4, 0.5) is 23.2 Å². The zero-order chi connectivity index (χ0) is 15.7. The molecule has 0 saturated carbocycles. The summed E-state index contributed by atoms with van der Waals surface area (Å²) in [5, 5.41) is 0. The van der Waals surface area contributed by atoms with E-state index in [0.29, 0.717) is 39.1 Å². The van der Waals surface area contributed by atoms with E-state index in [4.69, 9.17) is 9.47 Å². The minimum Gasteiger partial charge on any atom is -0.435 e. The largest absolute Gasteiger partial charge is 0.435 e. The molecular formula is C14H15F4NO3. The van der Waals surface area contributed by atoms with Gasteiger partial charge in [-0.2, -0.15) is 8.78 Å². The standard InChI is InChI=1S/C14H15F4NO3/c15-10-7-9(22-13(17)18)8-11(16)12(10)19-3-1-14(2-4-19)20-5-6-21-14/h7-8,13H,1-6H2. The number of halogens is 4. The Kier molecular flexibility index (Phi) is 4.14. The van der Waals surface area contributed by atoms with E-state index in [2.05, 4.69) is 4.74 Å². The molecule has 1 aromatic carbocycles. The summed E-state index contributed by atoms with van der Waals surface area (Å²) in [4.78, 5) is 1.52. The molecule has 0 radical (unpaired) electrons. The smallest absolute Gasteiger partial charge is 0.387 e. The predicted octanol–water partition coefficient (Wildman–Crippen LogP) is 2.91. The lowest BCUT2D eigenvalue weighted by atomic mass is 10.0. The highest BCUT2D eigenvalue weighted by atomic mass is 19.3. The van der Waals surface area contributed by atoms with Crippen molar-refractivity contribution in [2.45, 2.75) is 25.2 Å². The highest BCUT2D eigenvalue weighted by Gasteiger charge is 2.40. The maximum absolute atomic E-state index is 14.0. The van der Waals surface area contributed by atoms with E-state index in [1.165, 1.54) is 4.90 Å². The van der Waals surface area contributed by atoms with Gasteiger partial charge in [-0.1, -0.05) is 0 Å². The monoisotopic (exact) mass is 321 g/mol. The number of anilines is 1. The lowest BCUT2D eigenvalue weighted by Gasteiger charge is -2.38. The first kappa shape index (κ1) is 15.4. The maximum atomic E-state index is 14.0. The molecule has 0 N–H and O–H groups in total. The van der Waals surface area contributed by atoms with Crippen molar-refractivity contribution in [3.8, 4) is 5.75 Å². The third-order valence-electron chi connectivity index (χ3n) is 3.87. The van der Waals surface area contributed by atoms with Crippen LogP contribution in [0.1, 0.15) is 12.8 Å². The topological polar surface area (TPSA) is 30.9 Å². The second-order valence-electron chi connectivity index (χ2n) is 5.21. The molecule has 2 aliphatic heterocycles. The summed E-state index contributed by atoms with van der Waals surface area (Å²) >= 11 is 0. The summed E-state index contributed by atoms with van der Waals surface area (Å²) < 4.78 is 67.4. The van der Waals surface area contributed by atoms with E-state index in [-0.39, 0.29) is 5.69 Å². The molecule has 0 unspecified atom stereocenters. The van der Waals surface area contributed by atoms with E-state index < -0.39 is 29.8 Å². The van der Waals surface area contributed by atoms with Crippen LogP contribution in [0.5, 0.6) is 5.75 Å². The van der Waals surface area contributed by atoms with Crippen molar-refractivity contribution in [1.29, 1.82) is 0 Å². The van der Waals surface area contributed by atoms with Gasteiger partial charge in [0.2, 0.25) is 0 Å². The Hall–Kier alpha value is -1.54. The van der Waals surface area contributed by atoms with Crippen LogP contribution in [0, 0.1) is 11.6 Å². The maximum Gasteiger partial charge on any atom is 0.387 e. The Morgan fingerprint density at radius 3 is 2.09 bits per heavy atom. The van der Waals surface area contributed by atoms with Crippen LogP contribution in [-0.4, -0.2) is 38.7 Å². The molecule has 1 spiro atoms. The lowest BCUT2D eigenvalue weighted by Crippen LogP contribution is -2.45. The fourth-order valence-electron chi connectivity index (χ4n) is 2.87. The third-order valence-corrected chi connectivity index (χ3v) is 3.87. The normalized spacial score (nSPS) is 20.9. The Morgan fingerprint density at radius 1 is 1.05 bits per heavy atom. The number of alkyl halides is 2. The van der Waals surface area contributed by atoms with E-state index >= 15 is 0 Å². The highest BCUT2D eigenvalue weighted by Crippen LogP contribution is 2.36. The summed E-state index contributed by atoms with van der Waals surface area (Å²) in [6, 6.07) is 1.52. The van der Waals surface area contributed by atoms with Crippen LogP contribution >= 0.6 is 0 Å². The van der Waals surface area contributed by atoms with Gasteiger partial charge in [-0.25, -0.2) is 8.78 Å². The van der Waals surface area contributed by atoms with E-state index in [1.54, 1.807) is 0 Å². The molecule has 8 heteroatoms. The van der Waals surface area contributed by atoms with Crippen LogP contribution < -0.4 is 9.64 Å². The lowest BCUT2D eigenvalue weighted by molar-refractivity contribution is -0.169. The van der Waals surface area contributed by atoms with Crippen LogP contribution in [0.3, 0.4) is 0 Å². The van der Waals surface area contributed by atoms with Gasteiger partial charge in [-0.05, 0) is 0 Å². The SMILES string of the molecule is Fc1cc(OC(F)F)cc(F)c1N1CCC2(CC1)OCCO2. The first-order valence-corrected chi connectivity index (χ1v) is 6.96. The zero-order valence-electron chi connectivity index (χ0n) is 11.7. The van der Waals surface area contributed by atoms with Gasteiger partial charge in [0.15, 0.2) is 17.4 Å². The van der Waals surface area contributed by atoms with Gasteiger partial charge in [0.25, 0.3) is 0 Å². The molecule has 22 heavy (non-hydrogen) atoms. The summed E-state index contributed by atoms with van der Waals surface area (Å²) in [5.41, 5.74) is -0.241. The first-order valence-electron chi connectivity index (χ1n) is 6.96. The van der Waals surface area contributed by atoms with E-state index in [1.807, 2.05) is 0 Å². The van der Waals surface area contributed by atoms with Gasteiger partial charge in [-0.15, -0.1) is 0 Å². The molecular weight excluding hydrogens is 306 g/mol. The Bertz CT molecular complexity index is 516. The molecule has 4 nitrogen and oxygen atoms in total. The summed E-state index contributed by atoms with van der Waals surface area (Å²) in [6.45, 7) is -1.40. The Balaban J connectivity index is 1.75. The van der Waals surface area contributed by atoms with Crippen LogP contribution in [0.15, 0.2) is 12.1 Å². The number of nitrogens with zero attached hydrogens (tertiary/aromatic N) is 1. The molecule has 2 heterocycles. The van der Waals surface area contributed by atoms with Crippen molar-refractivity contribution in [2.24, 2.45) is 0 Å². The molecule has 0 atom stereocenters. The minimum atomic E-state index is -3.13. The summed E-state index contributed by atoms with van der Waals surface area (Å²) in [5.74, 6) is -3.05. The Morgan fingerprint density at radius 2 is 1.59 bits per heavy atom. The number of rotatable bonds is 3. The van der Waals surface area contributed by atoms with Crippen LogP contribution in [0.25, 0.3) is 0 Å². The zero-order valence-corrected chi connectivity index (χ0v) is 11.7. The quantitative estimate of drug-likeness (QED) is 0.801. The molecule has 1 aromatic rings. The first-order chi connectivity index (χ1) is 10.5. The second kappa shape index (κ2) is 5.92. The average molecular weight is 321 g/mol. The summed E-state index contributed by atoms with van der Waals surface area (Å²) in [6.07, 6.45) is 0.975. The molecule has 0 bridgehead atoms. The van der Waals surface area contributed by atoms with Gasteiger partial charge >= 0.3 is 6.61 Å². The third kappa shape index (κ3) is 2.98. The molecule has 0 aliphatic carbocycles. The fourth-order valence-corrected chi connectivity index (χ4v) is 2.87. The van der Waals surface area contributed by atoms with Crippen molar-refractivity contribution < 1.29 is 31.8 Å².